The number of hydrogen-bond donors (Lipinski definition) is 0. The molecule has 112 valence electrons. The number of aryl methyl sites for hydroxylation is 4. The molecule has 2 aromatic rings. The molecule has 3 heteroatoms. The first-order valence-electron chi connectivity index (χ1n) is 8.72. The quantitative estimate of drug-likeness (QED) is 0.433. The van der Waals surface area contributed by atoms with Crippen molar-refractivity contribution in [2.24, 2.45) is 0 Å². The fraction of sp³-hybridized carbons (Fsp3) is 0.500. The standard InChI is InChI=1S/C20H26Si.2Li/c1-21(2,19-11-15-7-3-4-8-16(15)12-19)20-13-17-9-5-6-10-18(17)14-20;;/h11-14H,3-10H2,1-2H3;;/q-2;2*+1. The van der Waals surface area contributed by atoms with Crippen LogP contribution in [0.15, 0.2) is 24.3 Å². The Morgan fingerprint density at radius 1 is 0.696 bits per heavy atom. The van der Waals surface area contributed by atoms with Crippen LogP contribution in [-0.4, -0.2) is 8.07 Å². The van der Waals surface area contributed by atoms with E-state index in [-0.39, 0.29) is 37.7 Å². The zero-order valence-electron chi connectivity index (χ0n) is 15.5. The van der Waals surface area contributed by atoms with Crippen molar-refractivity contribution in [1.29, 1.82) is 0 Å². The summed E-state index contributed by atoms with van der Waals surface area (Å²) in [6.45, 7) is 5.10. The third kappa shape index (κ3) is 3.56. The van der Waals surface area contributed by atoms with E-state index in [2.05, 4.69) is 37.4 Å². The van der Waals surface area contributed by atoms with E-state index >= 15 is 0 Å². The molecule has 0 bridgehead atoms. The Balaban J connectivity index is 0.000000960. The molecule has 0 spiro atoms. The van der Waals surface area contributed by atoms with E-state index in [4.69, 9.17) is 0 Å². The Hall–Kier alpha value is 0.112. The van der Waals surface area contributed by atoms with Gasteiger partial charge < -0.3 is 0 Å². The maximum absolute atomic E-state index is 2.56. The molecule has 0 saturated carbocycles. The van der Waals surface area contributed by atoms with Crippen LogP contribution < -0.4 is 48.1 Å². The van der Waals surface area contributed by atoms with Gasteiger partial charge in [0.25, 0.3) is 0 Å². The second kappa shape index (κ2) is 7.56. The molecule has 0 amide bonds. The Morgan fingerprint density at radius 2 is 1.09 bits per heavy atom. The summed E-state index contributed by atoms with van der Waals surface area (Å²) in [4.78, 5) is 0. The zero-order valence-corrected chi connectivity index (χ0v) is 16.5. The molecule has 0 N–H and O–H groups in total. The Morgan fingerprint density at radius 3 is 1.48 bits per heavy atom. The van der Waals surface area contributed by atoms with Crippen molar-refractivity contribution in [1.82, 2.24) is 0 Å². The molecule has 2 aromatic carbocycles. The Kier molecular flexibility index (Phi) is 6.39. The summed E-state index contributed by atoms with van der Waals surface area (Å²) in [5.74, 6) is 0. The smallest absolute Gasteiger partial charge is 0.211 e. The van der Waals surface area contributed by atoms with Gasteiger partial charge in [0.2, 0.25) is 0 Å². The molecule has 23 heavy (non-hydrogen) atoms. The average molecular weight is 308 g/mol. The average Bonchev–Trinajstić information content (AvgIpc) is 3.11. The van der Waals surface area contributed by atoms with Crippen LogP contribution >= 0.6 is 0 Å². The van der Waals surface area contributed by atoms with Crippen LogP contribution in [0.3, 0.4) is 0 Å². The molecular weight excluding hydrogens is 282 g/mol. The molecule has 0 nitrogen and oxygen atoms in total. The SMILES string of the molecule is C[Si](C)(c1cc2c([cH-]1)CCCC2)c1cc2c([cH-]1)CCCC2.[Li+].[Li+]. The maximum atomic E-state index is 2.56. The summed E-state index contributed by atoms with van der Waals surface area (Å²) in [6, 6.07) is 10.2. The van der Waals surface area contributed by atoms with Crippen molar-refractivity contribution < 1.29 is 37.7 Å². The second-order valence-corrected chi connectivity index (χ2v) is 12.0. The van der Waals surface area contributed by atoms with Gasteiger partial charge in [-0.2, -0.15) is 44.8 Å². The summed E-state index contributed by atoms with van der Waals surface area (Å²) < 4.78 is 0. The Labute approximate surface area is 166 Å². The summed E-state index contributed by atoms with van der Waals surface area (Å²) in [5.41, 5.74) is 6.64. The normalized spacial score (nSPS) is 16.8. The largest absolute Gasteiger partial charge is 1.00 e. The maximum Gasteiger partial charge on any atom is 1.00 e. The third-order valence-corrected chi connectivity index (χ3v) is 9.34. The van der Waals surface area contributed by atoms with Gasteiger partial charge in [-0.1, -0.05) is 64.5 Å². The van der Waals surface area contributed by atoms with Gasteiger partial charge in [0.05, 0.1) is 8.07 Å². The van der Waals surface area contributed by atoms with Crippen molar-refractivity contribution in [3.63, 3.8) is 0 Å². The zero-order chi connectivity index (χ0) is 14.4. The molecule has 0 atom stereocenters. The number of rotatable bonds is 2. The van der Waals surface area contributed by atoms with E-state index in [1.165, 1.54) is 51.4 Å². The first kappa shape index (κ1) is 19.4. The summed E-state index contributed by atoms with van der Waals surface area (Å²) in [7, 11) is -1.49. The number of hydrogen-bond acceptors (Lipinski definition) is 0. The molecular formula is C20H26Li2Si. The molecule has 2 aliphatic carbocycles. The van der Waals surface area contributed by atoms with Gasteiger partial charge in [0.1, 0.15) is 0 Å². The predicted octanol–water partition coefficient (Wildman–Crippen LogP) is -2.29. The second-order valence-electron chi connectivity index (χ2n) is 7.63. The monoisotopic (exact) mass is 308 g/mol. The van der Waals surface area contributed by atoms with Crippen LogP contribution in [0.1, 0.15) is 47.9 Å². The van der Waals surface area contributed by atoms with E-state index < -0.39 is 8.07 Å². The van der Waals surface area contributed by atoms with E-state index in [1.807, 2.05) is 0 Å². The minimum Gasteiger partial charge on any atom is -0.211 e. The van der Waals surface area contributed by atoms with Gasteiger partial charge in [0, 0.05) is 0 Å². The molecule has 0 heterocycles. The molecule has 0 aromatic heterocycles. The van der Waals surface area contributed by atoms with Crippen molar-refractivity contribution in [3.8, 4) is 0 Å². The topological polar surface area (TPSA) is 0 Å². The van der Waals surface area contributed by atoms with Gasteiger partial charge in [0.15, 0.2) is 0 Å². The van der Waals surface area contributed by atoms with Gasteiger partial charge in [-0.3, -0.25) is 0 Å². The molecule has 0 aliphatic heterocycles. The fourth-order valence-corrected chi connectivity index (χ4v) is 6.76. The molecule has 4 rings (SSSR count). The van der Waals surface area contributed by atoms with Gasteiger partial charge in [-0.25, -0.2) is 12.1 Å². The Bertz CT molecular complexity index is 560. The van der Waals surface area contributed by atoms with Crippen molar-refractivity contribution in [2.45, 2.75) is 64.5 Å². The molecule has 0 saturated heterocycles. The minimum absolute atomic E-state index is 0. The van der Waals surface area contributed by atoms with E-state index in [1.54, 1.807) is 32.6 Å². The molecule has 0 radical (unpaired) electrons. The molecule has 0 unspecified atom stereocenters. The van der Waals surface area contributed by atoms with Crippen LogP contribution in [0.25, 0.3) is 0 Å². The van der Waals surface area contributed by atoms with Gasteiger partial charge >= 0.3 is 37.7 Å². The minimum atomic E-state index is -1.49. The molecule has 2 aliphatic rings. The van der Waals surface area contributed by atoms with E-state index in [9.17, 15) is 0 Å². The third-order valence-electron chi connectivity index (χ3n) is 5.87. The van der Waals surface area contributed by atoms with Crippen LogP contribution in [0, 0.1) is 0 Å². The first-order chi connectivity index (χ1) is 10.1. The van der Waals surface area contributed by atoms with E-state index in [0.29, 0.717) is 0 Å². The van der Waals surface area contributed by atoms with Crippen LogP contribution in [0.2, 0.25) is 13.1 Å². The van der Waals surface area contributed by atoms with Gasteiger partial charge in [-0.15, -0.1) is 0 Å². The van der Waals surface area contributed by atoms with Crippen LogP contribution in [-0.2, 0) is 25.7 Å². The molecule has 0 fully saturated rings. The fourth-order valence-electron chi connectivity index (χ4n) is 4.29. The van der Waals surface area contributed by atoms with Gasteiger partial charge in [-0.05, 0) is 0 Å². The van der Waals surface area contributed by atoms with Crippen LogP contribution in [0.5, 0.6) is 0 Å². The van der Waals surface area contributed by atoms with Crippen LogP contribution in [0.4, 0.5) is 0 Å². The predicted molar refractivity (Wildman–Crippen MR) is 94.1 cm³/mol. The summed E-state index contributed by atoms with van der Waals surface area (Å²) >= 11 is 0. The number of fused-ring (bicyclic) bond motifs is 2. The van der Waals surface area contributed by atoms with Crippen molar-refractivity contribution >= 4 is 18.4 Å². The summed E-state index contributed by atoms with van der Waals surface area (Å²) in [6.07, 6.45) is 10.8. The van der Waals surface area contributed by atoms with Crippen molar-refractivity contribution in [3.05, 3.63) is 46.5 Å². The van der Waals surface area contributed by atoms with Crippen molar-refractivity contribution in [2.75, 3.05) is 0 Å². The van der Waals surface area contributed by atoms with E-state index in [0.717, 1.165) is 0 Å². The summed E-state index contributed by atoms with van der Waals surface area (Å²) in [5, 5.41) is 3.36. The first-order valence-corrected chi connectivity index (χ1v) is 11.7.